The van der Waals surface area contributed by atoms with Gasteiger partial charge >= 0.3 is 5.30 Å². The molecule has 0 aromatic rings. The predicted octanol–water partition coefficient (Wildman–Crippen LogP) is 0.801. The highest BCUT2D eigenvalue weighted by atomic mass is 32.2. The van der Waals surface area contributed by atoms with Crippen molar-refractivity contribution in [2.75, 3.05) is 13.2 Å². The van der Waals surface area contributed by atoms with Crippen LogP contribution >= 0.6 is 12.0 Å². The van der Waals surface area contributed by atoms with E-state index in [1.54, 1.807) is 0 Å². The third-order valence-corrected chi connectivity index (χ3v) is 1.05. The van der Waals surface area contributed by atoms with Crippen LogP contribution in [0, 0.1) is 0 Å². The first kappa shape index (κ1) is 4.93. The molecule has 0 saturated carbocycles. The van der Waals surface area contributed by atoms with Crippen molar-refractivity contribution in [1.29, 1.82) is 0 Å². The first-order valence-corrected chi connectivity index (χ1v) is 2.60. The number of carbonyl (C=O) groups is 1. The molecule has 1 fully saturated rings. The molecule has 7 heavy (non-hydrogen) atoms. The average Bonchev–Trinajstić information content (AvgIpc) is 1.69. The van der Waals surface area contributed by atoms with Crippen LogP contribution < -0.4 is 0 Å². The first-order chi connectivity index (χ1) is 3.39. The van der Waals surface area contributed by atoms with Gasteiger partial charge in [-0.05, 0) is 0 Å². The SMILES string of the molecule is O=C1OCCOS1. The van der Waals surface area contributed by atoms with Gasteiger partial charge in [0.05, 0.1) is 6.61 Å². The number of cyclic esters (lactones) is 1. The fourth-order valence-electron chi connectivity index (χ4n) is 0.273. The highest BCUT2D eigenvalue weighted by Gasteiger charge is 2.09. The van der Waals surface area contributed by atoms with Crippen LogP contribution in [0.25, 0.3) is 0 Å². The van der Waals surface area contributed by atoms with Crippen LogP contribution in [0.1, 0.15) is 0 Å². The normalized spacial score (nSPS) is 21.4. The number of hydrogen-bond donors (Lipinski definition) is 0. The molecule has 0 aromatic carbocycles. The molecule has 0 spiro atoms. The fourth-order valence-corrected chi connectivity index (χ4v) is 0.652. The molecule has 0 amide bonds. The molecule has 0 atom stereocenters. The zero-order valence-corrected chi connectivity index (χ0v) is 4.36. The van der Waals surface area contributed by atoms with Crippen molar-refractivity contribution >= 4 is 17.3 Å². The first-order valence-electron chi connectivity index (χ1n) is 1.86. The van der Waals surface area contributed by atoms with Gasteiger partial charge in [0.15, 0.2) is 0 Å². The third-order valence-electron chi connectivity index (χ3n) is 0.514. The molecule has 0 unspecified atom stereocenters. The summed E-state index contributed by atoms with van der Waals surface area (Å²) >= 11 is 0.757. The van der Waals surface area contributed by atoms with Crippen molar-refractivity contribution in [3.8, 4) is 0 Å². The van der Waals surface area contributed by atoms with E-state index in [2.05, 4.69) is 8.92 Å². The smallest absolute Gasteiger partial charge is 0.394 e. The Morgan fingerprint density at radius 3 is 2.71 bits per heavy atom. The molecule has 0 N–H and O–H groups in total. The number of ether oxygens (including phenoxy) is 1. The number of rotatable bonds is 0. The van der Waals surface area contributed by atoms with Crippen LogP contribution in [-0.2, 0) is 8.92 Å². The van der Waals surface area contributed by atoms with E-state index in [4.69, 9.17) is 0 Å². The van der Waals surface area contributed by atoms with E-state index in [1.807, 2.05) is 0 Å². The van der Waals surface area contributed by atoms with E-state index in [9.17, 15) is 4.79 Å². The Hall–Kier alpha value is -0.220. The summed E-state index contributed by atoms with van der Waals surface area (Å²) in [4.78, 5) is 10.1. The Bertz CT molecular complexity index is 74.2. The minimum atomic E-state index is -0.341. The Morgan fingerprint density at radius 1 is 1.57 bits per heavy atom. The highest BCUT2D eigenvalue weighted by Crippen LogP contribution is 2.10. The van der Waals surface area contributed by atoms with Gasteiger partial charge in [-0.25, -0.2) is 4.79 Å². The summed E-state index contributed by atoms with van der Waals surface area (Å²) in [5.41, 5.74) is 0. The van der Waals surface area contributed by atoms with Gasteiger partial charge in [-0.3, -0.25) is 0 Å². The van der Waals surface area contributed by atoms with Crippen LogP contribution in [0.3, 0.4) is 0 Å². The molecular weight excluding hydrogens is 116 g/mol. The van der Waals surface area contributed by atoms with Crippen LogP contribution in [0.2, 0.25) is 0 Å². The van der Waals surface area contributed by atoms with Gasteiger partial charge in [-0.2, -0.15) is 0 Å². The molecule has 1 saturated heterocycles. The van der Waals surface area contributed by atoms with E-state index in [0.717, 1.165) is 12.0 Å². The van der Waals surface area contributed by atoms with Crippen molar-refractivity contribution in [3.05, 3.63) is 0 Å². The van der Waals surface area contributed by atoms with E-state index < -0.39 is 0 Å². The minimum absolute atomic E-state index is 0.341. The Balaban J connectivity index is 2.25. The van der Waals surface area contributed by atoms with Gasteiger partial charge in [-0.1, -0.05) is 0 Å². The molecular formula is C3H4O3S. The lowest BCUT2D eigenvalue weighted by molar-refractivity contribution is 0.138. The van der Waals surface area contributed by atoms with E-state index in [0.29, 0.717) is 13.2 Å². The maximum Gasteiger partial charge on any atom is 0.394 e. The quantitative estimate of drug-likeness (QED) is 0.350. The lowest BCUT2D eigenvalue weighted by Crippen LogP contribution is -2.11. The maximum atomic E-state index is 10.1. The van der Waals surface area contributed by atoms with Gasteiger partial charge in [-0.15, -0.1) is 0 Å². The molecule has 0 aromatic heterocycles. The standard InChI is InChI=1S/C3H4O3S/c4-3-5-1-2-6-7-3/h1-2H2. The Morgan fingerprint density at radius 2 is 2.43 bits per heavy atom. The molecule has 0 aliphatic carbocycles. The lowest BCUT2D eigenvalue weighted by Gasteiger charge is -2.07. The molecule has 40 valence electrons. The van der Waals surface area contributed by atoms with E-state index in [-0.39, 0.29) is 5.30 Å². The topological polar surface area (TPSA) is 35.5 Å². The summed E-state index contributed by atoms with van der Waals surface area (Å²) in [7, 11) is 0. The summed E-state index contributed by atoms with van der Waals surface area (Å²) in [6.45, 7) is 0.905. The van der Waals surface area contributed by atoms with Gasteiger partial charge in [0.25, 0.3) is 0 Å². The molecule has 1 rings (SSSR count). The molecule has 4 heteroatoms. The number of hydrogen-bond acceptors (Lipinski definition) is 4. The summed E-state index contributed by atoms with van der Waals surface area (Å²) in [6.07, 6.45) is 0. The van der Waals surface area contributed by atoms with E-state index in [1.165, 1.54) is 0 Å². The highest BCUT2D eigenvalue weighted by molar-refractivity contribution is 8.09. The van der Waals surface area contributed by atoms with Crippen molar-refractivity contribution in [2.45, 2.75) is 0 Å². The second-order valence-corrected chi connectivity index (χ2v) is 1.74. The van der Waals surface area contributed by atoms with E-state index >= 15 is 0 Å². The third kappa shape index (κ3) is 1.36. The lowest BCUT2D eigenvalue weighted by atomic mass is 10.8. The molecule has 0 bridgehead atoms. The van der Waals surface area contributed by atoms with Gasteiger partial charge in [0.2, 0.25) is 0 Å². The van der Waals surface area contributed by atoms with Crippen molar-refractivity contribution < 1.29 is 13.7 Å². The summed E-state index contributed by atoms with van der Waals surface area (Å²) < 4.78 is 9.10. The van der Waals surface area contributed by atoms with Crippen molar-refractivity contribution in [2.24, 2.45) is 0 Å². The fraction of sp³-hybridized carbons (Fsp3) is 0.667. The van der Waals surface area contributed by atoms with Crippen LogP contribution in [-0.4, -0.2) is 18.5 Å². The van der Waals surface area contributed by atoms with Gasteiger partial charge < -0.3 is 8.92 Å². The number of carbonyl (C=O) groups excluding carboxylic acids is 1. The van der Waals surface area contributed by atoms with Gasteiger partial charge in [0.1, 0.15) is 18.6 Å². The minimum Gasteiger partial charge on any atom is -0.453 e. The monoisotopic (exact) mass is 120 g/mol. The molecule has 0 radical (unpaired) electrons. The molecule has 1 aliphatic heterocycles. The molecule has 3 nitrogen and oxygen atoms in total. The van der Waals surface area contributed by atoms with Gasteiger partial charge in [0, 0.05) is 0 Å². The van der Waals surface area contributed by atoms with Crippen molar-refractivity contribution in [3.63, 3.8) is 0 Å². The summed E-state index contributed by atoms with van der Waals surface area (Å²) in [6, 6.07) is 0. The largest absolute Gasteiger partial charge is 0.453 e. The summed E-state index contributed by atoms with van der Waals surface area (Å²) in [5.74, 6) is 0. The maximum absolute atomic E-state index is 10.1. The second kappa shape index (κ2) is 2.18. The Kier molecular flexibility index (Phi) is 1.54. The Labute approximate surface area is 45.2 Å². The van der Waals surface area contributed by atoms with Crippen molar-refractivity contribution in [1.82, 2.24) is 0 Å². The molecule has 1 aliphatic rings. The molecule has 1 heterocycles. The van der Waals surface area contributed by atoms with Crippen LogP contribution in [0.15, 0.2) is 0 Å². The summed E-state index contributed by atoms with van der Waals surface area (Å²) in [5, 5.41) is -0.341. The zero-order valence-electron chi connectivity index (χ0n) is 3.55. The second-order valence-electron chi connectivity index (χ2n) is 1.00. The van der Waals surface area contributed by atoms with Crippen LogP contribution in [0.4, 0.5) is 4.79 Å². The average molecular weight is 120 g/mol. The predicted molar refractivity (Wildman–Crippen MR) is 24.9 cm³/mol. The van der Waals surface area contributed by atoms with Crippen LogP contribution in [0.5, 0.6) is 0 Å². The zero-order chi connectivity index (χ0) is 5.11.